The smallest absolute Gasteiger partial charge is 0.206 e. The Labute approximate surface area is 212 Å². The zero-order valence-corrected chi connectivity index (χ0v) is 22.6. The number of rotatable bonds is 26. The number of aliphatic hydroxyl groups is 3. The van der Waals surface area contributed by atoms with Gasteiger partial charge in [-0.25, -0.2) is 4.39 Å². The Morgan fingerprint density at radius 3 is 1.77 bits per heavy atom. The third-order valence-electron chi connectivity index (χ3n) is 5.40. The van der Waals surface area contributed by atoms with Gasteiger partial charge in [-0.1, -0.05) is 6.92 Å². The topological polar surface area (TPSA) is 107 Å². The van der Waals surface area contributed by atoms with Crippen molar-refractivity contribution < 1.29 is 43.4 Å². The summed E-state index contributed by atoms with van der Waals surface area (Å²) in [6, 6.07) is 0. The van der Waals surface area contributed by atoms with Gasteiger partial charge in [-0.15, -0.1) is 0 Å². The summed E-state index contributed by atoms with van der Waals surface area (Å²) >= 11 is 0. The Bertz CT molecular complexity index is 465. The molecule has 0 aliphatic carbocycles. The maximum Gasteiger partial charge on any atom is 0.206 e. The molecule has 3 atom stereocenters. The minimum Gasteiger partial charge on any atom is -0.394 e. The molecule has 0 bridgehead atoms. The summed E-state index contributed by atoms with van der Waals surface area (Å²) in [5, 5.41) is 27.6. The molecule has 0 aromatic rings. The first-order chi connectivity index (χ1) is 16.6. The summed E-state index contributed by atoms with van der Waals surface area (Å²) in [4.78, 5) is 0. The lowest BCUT2D eigenvalue weighted by atomic mass is 10.0. The number of halogens is 1. The zero-order valence-electron chi connectivity index (χ0n) is 22.6. The van der Waals surface area contributed by atoms with Crippen LogP contribution in [0.25, 0.3) is 0 Å². The molecular weight excluding hydrogens is 459 g/mol. The second-order valence-electron chi connectivity index (χ2n) is 9.89. The second kappa shape index (κ2) is 21.7. The van der Waals surface area contributed by atoms with Gasteiger partial charge < -0.3 is 39.0 Å². The highest BCUT2D eigenvalue weighted by molar-refractivity contribution is 4.69. The standard InChI is InChI=1S/C26H53FO8/c1-5-14-31-21-24(30)22-33-15-8-6-12-25(2,3)34-17-9-7-13-26(4,27)35-18-11-10-16-32-20-23(29)19-28/h23-24,28-30H,5-22H2,1-4H3. The van der Waals surface area contributed by atoms with Gasteiger partial charge in [0.1, 0.15) is 12.2 Å². The summed E-state index contributed by atoms with van der Waals surface area (Å²) in [6.07, 6.45) is 5.46. The molecule has 0 spiro atoms. The maximum atomic E-state index is 14.5. The average Bonchev–Trinajstić information content (AvgIpc) is 2.80. The van der Waals surface area contributed by atoms with Crippen molar-refractivity contribution in [3.63, 3.8) is 0 Å². The number of alkyl halides is 1. The van der Waals surface area contributed by atoms with E-state index in [0.29, 0.717) is 71.9 Å². The van der Waals surface area contributed by atoms with Crippen molar-refractivity contribution in [3.05, 3.63) is 0 Å². The first kappa shape index (κ1) is 34.6. The van der Waals surface area contributed by atoms with Gasteiger partial charge in [0, 0.05) is 32.8 Å². The van der Waals surface area contributed by atoms with Gasteiger partial charge in [0.2, 0.25) is 5.85 Å². The first-order valence-electron chi connectivity index (χ1n) is 13.3. The van der Waals surface area contributed by atoms with Gasteiger partial charge in [-0.05, 0) is 72.1 Å². The fourth-order valence-corrected chi connectivity index (χ4v) is 3.28. The molecule has 0 aliphatic heterocycles. The molecule has 0 heterocycles. The fourth-order valence-electron chi connectivity index (χ4n) is 3.28. The second-order valence-corrected chi connectivity index (χ2v) is 9.89. The van der Waals surface area contributed by atoms with Crippen LogP contribution in [0.1, 0.15) is 85.5 Å². The minimum atomic E-state index is -1.65. The number of aliphatic hydroxyl groups excluding tert-OH is 3. The Kier molecular flexibility index (Phi) is 21.4. The molecule has 35 heavy (non-hydrogen) atoms. The number of hydrogen-bond acceptors (Lipinski definition) is 8. The third-order valence-corrected chi connectivity index (χ3v) is 5.40. The average molecular weight is 513 g/mol. The van der Waals surface area contributed by atoms with Crippen LogP contribution in [-0.2, 0) is 23.7 Å². The lowest BCUT2D eigenvalue weighted by molar-refractivity contribution is -0.139. The first-order valence-corrected chi connectivity index (χ1v) is 13.3. The lowest BCUT2D eigenvalue weighted by Gasteiger charge is -2.26. The van der Waals surface area contributed by atoms with E-state index in [1.165, 1.54) is 6.92 Å². The monoisotopic (exact) mass is 512 g/mol. The largest absolute Gasteiger partial charge is 0.394 e. The van der Waals surface area contributed by atoms with Crippen LogP contribution in [0, 0.1) is 0 Å². The Morgan fingerprint density at radius 1 is 0.657 bits per heavy atom. The van der Waals surface area contributed by atoms with Crippen LogP contribution < -0.4 is 0 Å². The van der Waals surface area contributed by atoms with E-state index in [1.807, 2.05) is 6.92 Å². The summed E-state index contributed by atoms with van der Waals surface area (Å²) < 4.78 is 41.9. The maximum absolute atomic E-state index is 14.5. The van der Waals surface area contributed by atoms with E-state index in [-0.39, 0.29) is 18.8 Å². The van der Waals surface area contributed by atoms with Crippen LogP contribution in [0.5, 0.6) is 0 Å². The Balaban J connectivity index is 3.66. The van der Waals surface area contributed by atoms with E-state index in [0.717, 1.165) is 32.1 Å². The molecule has 9 heteroatoms. The molecule has 0 saturated heterocycles. The van der Waals surface area contributed by atoms with Crippen molar-refractivity contribution in [2.75, 3.05) is 59.5 Å². The van der Waals surface area contributed by atoms with Crippen LogP contribution in [0.3, 0.4) is 0 Å². The van der Waals surface area contributed by atoms with Gasteiger partial charge in [0.25, 0.3) is 0 Å². The van der Waals surface area contributed by atoms with Gasteiger partial charge in [-0.3, -0.25) is 0 Å². The number of hydrogen-bond donors (Lipinski definition) is 3. The van der Waals surface area contributed by atoms with Crippen LogP contribution in [-0.4, -0.2) is 98.4 Å². The van der Waals surface area contributed by atoms with Crippen molar-refractivity contribution in [1.29, 1.82) is 0 Å². The van der Waals surface area contributed by atoms with E-state index in [2.05, 4.69) is 13.8 Å². The van der Waals surface area contributed by atoms with Crippen molar-refractivity contribution in [2.24, 2.45) is 0 Å². The van der Waals surface area contributed by atoms with Crippen molar-refractivity contribution in [1.82, 2.24) is 0 Å². The quantitative estimate of drug-likeness (QED) is 0.150. The van der Waals surface area contributed by atoms with Gasteiger partial charge in [0.05, 0.1) is 38.6 Å². The number of unbranched alkanes of at least 4 members (excludes halogenated alkanes) is 3. The highest BCUT2D eigenvalue weighted by Gasteiger charge is 2.23. The van der Waals surface area contributed by atoms with Crippen LogP contribution in [0.15, 0.2) is 0 Å². The van der Waals surface area contributed by atoms with Crippen molar-refractivity contribution in [3.8, 4) is 0 Å². The third kappa shape index (κ3) is 23.7. The van der Waals surface area contributed by atoms with Crippen LogP contribution in [0.4, 0.5) is 4.39 Å². The number of ether oxygens (including phenoxy) is 5. The summed E-state index contributed by atoms with van der Waals surface area (Å²) in [7, 11) is 0. The molecule has 0 fully saturated rings. The molecule has 3 N–H and O–H groups in total. The van der Waals surface area contributed by atoms with Crippen LogP contribution in [0.2, 0.25) is 0 Å². The molecule has 0 aliphatic rings. The predicted octanol–water partition coefficient (Wildman–Crippen LogP) is 3.78. The van der Waals surface area contributed by atoms with E-state index < -0.39 is 18.1 Å². The molecule has 0 amide bonds. The molecule has 3 unspecified atom stereocenters. The van der Waals surface area contributed by atoms with Crippen LogP contribution >= 0.6 is 0 Å². The Hall–Kier alpha value is -0.390. The van der Waals surface area contributed by atoms with Gasteiger partial charge in [-0.2, -0.15) is 0 Å². The molecule has 0 aromatic carbocycles. The Morgan fingerprint density at radius 2 is 1.14 bits per heavy atom. The van der Waals surface area contributed by atoms with E-state index in [1.54, 1.807) is 0 Å². The fraction of sp³-hybridized carbons (Fsp3) is 1.00. The summed E-state index contributed by atoms with van der Waals surface area (Å²) in [5.41, 5.74) is -0.238. The lowest BCUT2D eigenvalue weighted by Crippen LogP contribution is -2.26. The van der Waals surface area contributed by atoms with Crippen molar-refractivity contribution >= 4 is 0 Å². The van der Waals surface area contributed by atoms with Gasteiger partial charge in [0.15, 0.2) is 0 Å². The molecule has 0 radical (unpaired) electrons. The molecule has 8 nitrogen and oxygen atoms in total. The van der Waals surface area contributed by atoms with Gasteiger partial charge >= 0.3 is 0 Å². The summed E-state index contributed by atoms with van der Waals surface area (Å²) in [6.45, 7) is 10.6. The highest BCUT2D eigenvalue weighted by atomic mass is 19.2. The molecule has 0 aromatic heterocycles. The minimum absolute atomic E-state index is 0.103. The summed E-state index contributed by atoms with van der Waals surface area (Å²) in [5.74, 6) is -1.65. The molecular formula is C26H53FO8. The SMILES string of the molecule is CCCOCC(O)COCCCCC(C)(C)OCCCCC(C)(F)OCCCCOCC(O)CO. The highest BCUT2D eigenvalue weighted by Crippen LogP contribution is 2.22. The molecule has 212 valence electrons. The molecule has 0 saturated carbocycles. The normalized spacial score (nSPS) is 15.8. The van der Waals surface area contributed by atoms with E-state index in [4.69, 9.17) is 33.9 Å². The molecule has 0 rings (SSSR count). The van der Waals surface area contributed by atoms with E-state index in [9.17, 15) is 9.50 Å². The van der Waals surface area contributed by atoms with E-state index >= 15 is 0 Å². The zero-order chi connectivity index (χ0) is 26.4. The predicted molar refractivity (Wildman–Crippen MR) is 134 cm³/mol. The van der Waals surface area contributed by atoms with Crippen molar-refractivity contribution in [2.45, 2.75) is 109 Å².